The van der Waals surface area contributed by atoms with Crippen LogP contribution >= 0.6 is 11.8 Å². The van der Waals surface area contributed by atoms with Crippen molar-refractivity contribution in [2.75, 3.05) is 19.8 Å². The number of aryl methyl sites for hydroxylation is 1. The molecular formula is C29H40N2O5S. The molecule has 8 heteroatoms. The molecule has 0 saturated carbocycles. The van der Waals surface area contributed by atoms with E-state index >= 15 is 0 Å². The van der Waals surface area contributed by atoms with E-state index in [1.165, 1.54) is 11.8 Å². The fourth-order valence-electron chi connectivity index (χ4n) is 4.14. The lowest BCUT2D eigenvalue weighted by molar-refractivity contribution is 0.0889. The van der Waals surface area contributed by atoms with Gasteiger partial charge in [0.25, 0.3) is 0 Å². The van der Waals surface area contributed by atoms with Gasteiger partial charge in [0.1, 0.15) is 17.8 Å². The third-order valence-corrected chi connectivity index (χ3v) is 7.65. The number of aliphatic hydroxyl groups is 2. The molecule has 2 aromatic rings. The van der Waals surface area contributed by atoms with Crippen LogP contribution in [0.2, 0.25) is 0 Å². The second kappa shape index (κ2) is 14.4. The molecule has 202 valence electrons. The number of hydrogen-bond donors (Lipinski definition) is 4. The van der Waals surface area contributed by atoms with Gasteiger partial charge in [0, 0.05) is 29.4 Å². The van der Waals surface area contributed by atoms with Crippen LogP contribution in [0.1, 0.15) is 43.4 Å². The first kappa shape index (κ1) is 29.0. The maximum absolute atomic E-state index is 10.1. The molecule has 0 spiro atoms. The molecule has 3 unspecified atom stereocenters. The van der Waals surface area contributed by atoms with Gasteiger partial charge in [-0.3, -0.25) is 5.41 Å². The summed E-state index contributed by atoms with van der Waals surface area (Å²) >= 11 is 1.46. The highest BCUT2D eigenvalue weighted by atomic mass is 32.2. The van der Waals surface area contributed by atoms with Crippen molar-refractivity contribution in [2.45, 2.75) is 63.4 Å². The topological polar surface area (TPSA) is 118 Å². The molecule has 0 aliphatic carbocycles. The number of rotatable bonds is 12. The average molecular weight is 529 g/mol. The average Bonchev–Trinajstić information content (AvgIpc) is 2.87. The lowest BCUT2D eigenvalue weighted by atomic mass is 9.95. The van der Waals surface area contributed by atoms with Crippen molar-refractivity contribution in [1.82, 2.24) is 0 Å². The Morgan fingerprint density at radius 3 is 2.57 bits per heavy atom. The summed E-state index contributed by atoms with van der Waals surface area (Å²) in [6.07, 6.45) is 0.847. The van der Waals surface area contributed by atoms with Crippen molar-refractivity contribution in [3.63, 3.8) is 0 Å². The second-order valence-corrected chi connectivity index (χ2v) is 11.1. The third-order valence-electron chi connectivity index (χ3n) is 6.33. The van der Waals surface area contributed by atoms with Crippen LogP contribution in [0.15, 0.2) is 59.8 Å². The predicted molar refractivity (Wildman–Crippen MR) is 149 cm³/mol. The first-order valence-electron chi connectivity index (χ1n) is 12.8. The van der Waals surface area contributed by atoms with E-state index in [2.05, 4.69) is 0 Å². The Morgan fingerprint density at radius 2 is 1.89 bits per heavy atom. The largest absolute Gasteiger partial charge is 0.491 e. The number of nitrogens with one attached hydrogen (secondary N) is 1. The molecule has 37 heavy (non-hydrogen) atoms. The van der Waals surface area contributed by atoms with Crippen molar-refractivity contribution >= 4 is 17.7 Å². The van der Waals surface area contributed by atoms with E-state index in [0.29, 0.717) is 50.4 Å². The zero-order valence-corrected chi connectivity index (χ0v) is 22.8. The third kappa shape index (κ3) is 9.07. The monoisotopic (exact) mass is 528 g/mol. The van der Waals surface area contributed by atoms with Crippen LogP contribution in [0.3, 0.4) is 0 Å². The summed E-state index contributed by atoms with van der Waals surface area (Å²) in [4.78, 5) is 0. The second-order valence-electron chi connectivity index (χ2n) is 9.68. The Balaban J connectivity index is 1.59. The summed E-state index contributed by atoms with van der Waals surface area (Å²) in [5, 5.41) is 28.3. The molecule has 1 aliphatic rings. The van der Waals surface area contributed by atoms with Gasteiger partial charge in [0.15, 0.2) is 0 Å². The van der Waals surface area contributed by atoms with Gasteiger partial charge in [0.2, 0.25) is 5.90 Å². The highest BCUT2D eigenvalue weighted by Gasteiger charge is 2.31. The van der Waals surface area contributed by atoms with Crippen LogP contribution in [-0.4, -0.2) is 52.7 Å². The van der Waals surface area contributed by atoms with Crippen LogP contribution < -0.4 is 10.5 Å². The van der Waals surface area contributed by atoms with Gasteiger partial charge in [0.05, 0.1) is 25.9 Å². The van der Waals surface area contributed by atoms with Gasteiger partial charge in [-0.25, -0.2) is 0 Å². The molecule has 0 radical (unpaired) electrons. The van der Waals surface area contributed by atoms with Crippen LogP contribution in [0.5, 0.6) is 5.75 Å². The minimum atomic E-state index is -0.551. The Kier molecular flexibility index (Phi) is 11.3. The summed E-state index contributed by atoms with van der Waals surface area (Å²) in [7, 11) is 0. The number of allylic oxidation sites excluding steroid dienone is 1. The van der Waals surface area contributed by atoms with E-state index < -0.39 is 11.5 Å². The van der Waals surface area contributed by atoms with E-state index in [1.807, 2.05) is 69.3 Å². The van der Waals surface area contributed by atoms with Crippen molar-refractivity contribution in [1.29, 1.82) is 5.41 Å². The minimum Gasteiger partial charge on any atom is -0.491 e. The summed E-state index contributed by atoms with van der Waals surface area (Å²) in [5.41, 5.74) is 10.5. The van der Waals surface area contributed by atoms with Crippen molar-refractivity contribution in [3.8, 4) is 5.75 Å². The molecule has 0 aromatic heterocycles. The lowest BCUT2D eigenvalue weighted by Gasteiger charge is -2.32. The molecule has 1 fully saturated rings. The van der Waals surface area contributed by atoms with Gasteiger partial charge in [-0.05, 0) is 48.1 Å². The molecule has 7 nitrogen and oxygen atoms in total. The molecule has 3 rings (SSSR count). The van der Waals surface area contributed by atoms with E-state index in [4.69, 9.17) is 25.4 Å². The normalized spacial score (nSPS) is 20.4. The first-order valence-corrected chi connectivity index (χ1v) is 13.7. The maximum Gasteiger partial charge on any atom is 0.212 e. The van der Waals surface area contributed by atoms with Crippen molar-refractivity contribution < 1.29 is 24.4 Å². The smallest absolute Gasteiger partial charge is 0.212 e. The number of hydrogen-bond acceptors (Lipinski definition) is 8. The van der Waals surface area contributed by atoms with E-state index in [-0.39, 0.29) is 23.7 Å². The number of ether oxygens (including phenoxy) is 3. The molecule has 3 atom stereocenters. The first-order chi connectivity index (χ1) is 17.8. The lowest BCUT2D eigenvalue weighted by Crippen LogP contribution is -2.33. The molecule has 5 N–H and O–H groups in total. The van der Waals surface area contributed by atoms with Gasteiger partial charge in [-0.15, -0.1) is 11.8 Å². The molecule has 1 aliphatic heterocycles. The number of nitrogens with two attached hydrogens (primary N) is 1. The molecule has 0 amide bonds. The SMILES string of the molecule is Cc1cc(OCCOCc2ccccc2)ccc1C/C(C(=N)OC1CC(O)CC(CO)S1)=C(/N)C(C)C. The van der Waals surface area contributed by atoms with Crippen LogP contribution in [0.25, 0.3) is 0 Å². The number of aliphatic hydroxyl groups excluding tert-OH is 2. The van der Waals surface area contributed by atoms with E-state index in [0.717, 1.165) is 22.4 Å². The van der Waals surface area contributed by atoms with E-state index in [1.54, 1.807) is 0 Å². The Morgan fingerprint density at radius 1 is 1.14 bits per heavy atom. The number of thioether (sulfide) groups is 1. The van der Waals surface area contributed by atoms with Crippen molar-refractivity contribution in [3.05, 3.63) is 76.5 Å². The summed E-state index contributed by atoms with van der Waals surface area (Å²) in [5.74, 6) is 0.832. The van der Waals surface area contributed by atoms with Crippen LogP contribution in [0.4, 0.5) is 0 Å². The zero-order valence-electron chi connectivity index (χ0n) is 22.0. The summed E-state index contributed by atoms with van der Waals surface area (Å²) < 4.78 is 17.5. The zero-order chi connectivity index (χ0) is 26.8. The molecule has 1 heterocycles. The Hall–Kier alpha value is -2.52. The molecule has 1 saturated heterocycles. The van der Waals surface area contributed by atoms with Gasteiger partial charge in [-0.2, -0.15) is 0 Å². The summed E-state index contributed by atoms with van der Waals surface area (Å²) in [6, 6.07) is 15.9. The van der Waals surface area contributed by atoms with Gasteiger partial charge < -0.3 is 30.2 Å². The maximum atomic E-state index is 10.1. The minimum absolute atomic E-state index is 0.0183. The standard InChI is InChI=1S/C29H40N2O5S/c1-19(2)28(30)26(29(31)36-27-16-23(33)15-25(17-32)37-27)14-22-9-10-24(13-20(22)3)35-12-11-34-18-21-7-5-4-6-8-21/h4-10,13,19,23,25,27,31-33H,11-12,14-18,30H2,1-3H3/b28-26-,31-29?. The molecule has 0 bridgehead atoms. The Labute approximate surface area is 224 Å². The highest BCUT2D eigenvalue weighted by Crippen LogP contribution is 2.33. The number of benzene rings is 2. The highest BCUT2D eigenvalue weighted by molar-refractivity contribution is 8.00. The predicted octanol–water partition coefficient (Wildman–Crippen LogP) is 4.57. The van der Waals surface area contributed by atoms with Crippen LogP contribution in [-0.2, 0) is 22.5 Å². The molecular weight excluding hydrogens is 488 g/mol. The van der Waals surface area contributed by atoms with Crippen LogP contribution in [0, 0.1) is 18.3 Å². The molecule has 2 aromatic carbocycles. The van der Waals surface area contributed by atoms with Gasteiger partial charge >= 0.3 is 0 Å². The Bertz CT molecular complexity index is 1040. The van der Waals surface area contributed by atoms with E-state index in [9.17, 15) is 10.2 Å². The summed E-state index contributed by atoms with van der Waals surface area (Å²) in [6.45, 7) is 7.48. The van der Waals surface area contributed by atoms with Crippen molar-refractivity contribution in [2.24, 2.45) is 11.7 Å². The fraction of sp³-hybridized carbons (Fsp3) is 0.483. The van der Waals surface area contributed by atoms with Gasteiger partial charge in [-0.1, -0.05) is 50.2 Å². The fourth-order valence-corrected chi connectivity index (χ4v) is 5.47. The quantitative estimate of drug-likeness (QED) is 0.181.